The zero-order valence-corrected chi connectivity index (χ0v) is 12.7. The number of rotatable bonds is 5. The molecule has 0 saturated carbocycles. The van der Waals surface area contributed by atoms with Crippen molar-refractivity contribution in [3.8, 4) is 0 Å². The van der Waals surface area contributed by atoms with Crippen molar-refractivity contribution in [3.05, 3.63) is 15.4 Å². The smallest absolute Gasteiger partial charge is 0.306 e. The van der Waals surface area contributed by atoms with Crippen molar-refractivity contribution < 1.29 is 14.3 Å². The second kappa shape index (κ2) is 7.42. The van der Waals surface area contributed by atoms with E-state index in [0.29, 0.717) is 21.6 Å². The van der Waals surface area contributed by atoms with Crippen molar-refractivity contribution in [2.24, 2.45) is 0 Å². The molecule has 0 spiro atoms. The number of anilines is 1. The van der Waals surface area contributed by atoms with Crippen LogP contribution in [0, 0.1) is 0 Å². The molecule has 0 bridgehead atoms. The van der Waals surface area contributed by atoms with Crippen molar-refractivity contribution in [2.45, 2.75) is 19.8 Å². The number of aromatic nitrogens is 2. The summed E-state index contributed by atoms with van der Waals surface area (Å²) >= 11 is 6.32. The summed E-state index contributed by atoms with van der Waals surface area (Å²) in [5.74, 6) is -0.402. The van der Waals surface area contributed by atoms with Gasteiger partial charge in [0.2, 0.25) is 5.91 Å². The first-order valence-corrected chi connectivity index (χ1v) is 6.75. The van der Waals surface area contributed by atoms with E-state index < -0.39 is 5.97 Å². The Kier molecular flexibility index (Phi) is 6.20. The third kappa shape index (κ3) is 5.09. The fourth-order valence-corrected chi connectivity index (χ4v) is 1.98. The lowest BCUT2D eigenvalue weighted by molar-refractivity contribution is -0.144. The van der Waals surface area contributed by atoms with Gasteiger partial charge in [0.25, 0.3) is 0 Å². The normalized spacial score (nSPS) is 9.94. The molecule has 8 heteroatoms. The topological polar surface area (TPSA) is 81.2 Å². The summed E-state index contributed by atoms with van der Waals surface area (Å²) < 4.78 is 5.69. The first-order valence-electron chi connectivity index (χ1n) is 5.16. The minimum atomic E-state index is -0.395. The van der Waals surface area contributed by atoms with E-state index in [-0.39, 0.29) is 18.7 Å². The number of nitrogens with zero attached hydrogens (tertiary/aromatic N) is 2. The quantitative estimate of drug-likeness (QED) is 0.792. The van der Waals surface area contributed by atoms with Gasteiger partial charge in [0.1, 0.15) is 9.21 Å². The molecule has 0 unspecified atom stereocenters. The molecule has 0 aliphatic rings. The van der Waals surface area contributed by atoms with E-state index in [1.807, 2.05) is 0 Å². The van der Waals surface area contributed by atoms with Crippen molar-refractivity contribution in [1.29, 1.82) is 0 Å². The lowest BCUT2D eigenvalue weighted by Gasteiger charge is -2.05. The average Bonchev–Trinajstić information content (AvgIpc) is 2.31. The van der Waals surface area contributed by atoms with Crippen LogP contribution in [0.3, 0.4) is 0 Å². The summed E-state index contributed by atoms with van der Waals surface area (Å²) in [6, 6.07) is 0. The second-order valence-corrected chi connectivity index (χ2v) is 4.75. The van der Waals surface area contributed by atoms with E-state index >= 15 is 0 Å². The highest BCUT2D eigenvalue weighted by atomic mass is 79.9. The maximum absolute atomic E-state index is 11.5. The number of hydrogen-bond acceptors (Lipinski definition) is 5. The molecule has 0 radical (unpaired) electrons. The predicted molar refractivity (Wildman–Crippen MR) is 71.9 cm³/mol. The molecule has 1 aromatic heterocycles. The van der Waals surface area contributed by atoms with Gasteiger partial charge in [0.05, 0.1) is 19.2 Å². The number of carbonyl (C=O) groups is 2. The summed E-state index contributed by atoms with van der Waals surface area (Å²) in [4.78, 5) is 30.6. The molecule has 18 heavy (non-hydrogen) atoms. The summed E-state index contributed by atoms with van der Waals surface area (Å²) in [6.45, 7) is 2.02. The number of esters is 1. The highest BCUT2D eigenvalue weighted by Crippen LogP contribution is 2.19. The van der Waals surface area contributed by atoms with Gasteiger partial charge in [-0.2, -0.15) is 0 Å². The molecule has 1 aromatic rings. The van der Waals surface area contributed by atoms with Gasteiger partial charge < -0.3 is 10.1 Å². The molecule has 1 amide bonds. The molecule has 0 aromatic carbocycles. The number of hydrogen-bond donors (Lipinski definition) is 1. The van der Waals surface area contributed by atoms with Gasteiger partial charge in [-0.1, -0.05) is 0 Å². The van der Waals surface area contributed by atoms with Gasteiger partial charge in [-0.3, -0.25) is 9.59 Å². The van der Waals surface area contributed by atoms with Crippen LogP contribution in [0.25, 0.3) is 0 Å². The third-order valence-corrected chi connectivity index (χ3v) is 2.75. The zero-order chi connectivity index (χ0) is 13.5. The lowest BCUT2D eigenvalue weighted by atomic mass is 10.3. The van der Waals surface area contributed by atoms with Gasteiger partial charge in [-0.05, 0) is 38.8 Å². The Hall–Kier alpha value is -1.02. The summed E-state index contributed by atoms with van der Waals surface area (Å²) in [6.07, 6.45) is 1.55. The molecule has 6 nitrogen and oxygen atoms in total. The minimum absolute atomic E-state index is 0.0429. The van der Waals surface area contributed by atoms with Gasteiger partial charge in [-0.25, -0.2) is 9.97 Å². The second-order valence-electron chi connectivity index (χ2n) is 3.19. The number of nitrogens with one attached hydrogen (secondary N) is 1. The molecular formula is C10H11Br2N3O3. The number of ether oxygens (including phenoxy) is 1. The van der Waals surface area contributed by atoms with Crippen LogP contribution in [0.4, 0.5) is 5.82 Å². The molecule has 1 heterocycles. The minimum Gasteiger partial charge on any atom is -0.466 e. The Labute approximate surface area is 121 Å². The molecular weight excluding hydrogens is 370 g/mol. The molecule has 0 fully saturated rings. The van der Waals surface area contributed by atoms with Crippen LogP contribution in [0.5, 0.6) is 0 Å². The summed E-state index contributed by atoms with van der Waals surface area (Å²) in [7, 11) is 0. The molecule has 0 aliphatic carbocycles. The van der Waals surface area contributed by atoms with Crippen molar-refractivity contribution in [3.63, 3.8) is 0 Å². The first-order chi connectivity index (χ1) is 8.52. The van der Waals surface area contributed by atoms with Crippen molar-refractivity contribution >= 4 is 49.6 Å². The number of amides is 1. The van der Waals surface area contributed by atoms with E-state index in [1.54, 1.807) is 6.92 Å². The zero-order valence-electron chi connectivity index (χ0n) is 9.57. The Bertz CT molecular complexity index is 454. The third-order valence-electron chi connectivity index (χ3n) is 1.82. The largest absolute Gasteiger partial charge is 0.466 e. The summed E-state index contributed by atoms with van der Waals surface area (Å²) in [5, 5.41) is 2.55. The predicted octanol–water partition coefficient (Wildman–Crippen LogP) is 2.28. The van der Waals surface area contributed by atoms with E-state index in [9.17, 15) is 9.59 Å². The molecule has 0 aliphatic heterocycles. The van der Waals surface area contributed by atoms with Crippen molar-refractivity contribution in [1.82, 2.24) is 9.97 Å². The van der Waals surface area contributed by atoms with Crippen LogP contribution in [-0.2, 0) is 14.3 Å². The summed E-state index contributed by atoms with van der Waals surface area (Å²) in [5.41, 5.74) is 0. The molecule has 98 valence electrons. The number of halogens is 2. The Morgan fingerprint density at radius 1 is 1.39 bits per heavy atom. The maximum atomic E-state index is 11.5. The fourth-order valence-electron chi connectivity index (χ4n) is 1.07. The lowest BCUT2D eigenvalue weighted by Crippen LogP contribution is -2.16. The van der Waals surface area contributed by atoms with Crippen LogP contribution >= 0.6 is 31.9 Å². The first kappa shape index (κ1) is 15.0. The highest BCUT2D eigenvalue weighted by molar-refractivity contribution is 9.11. The SMILES string of the molecule is CCOC(=O)CCC(=O)Nc1ncc(Br)nc1Br. The van der Waals surface area contributed by atoms with Gasteiger partial charge in [0, 0.05) is 6.42 Å². The Balaban J connectivity index is 2.47. The van der Waals surface area contributed by atoms with Crippen LogP contribution in [0.1, 0.15) is 19.8 Å². The molecule has 0 saturated heterocycles. The standard InChI is InChI=1S/C10H11Br2N3O3/c1-2-18-8(17)4-3-7(16)15-10-9(12)14-6(11)5-13-10/h5H,2-4H2,1H3,(H,13,15,16). The Morgan fingerprint density at radius 2 is 2.11 bits per heavy atom. The highest BCUT2D eigenvalue weighted by Gasteiger charge is 2.11. The van der Waals surface area contributed by atoms with E-state index in [4.69, 9.17) is 4.74 Å². The van der Waals surface area contributed by atoms with Crippen LogP contribution in [0.15, 0.2) is 15.4 Å². The van der Waals surface area contributed by atoms with Gasteiger partial charge in [0.15, 0.2) is 5.82 Å². The van der Waals surface area contributed by atoms with Crippen LogP contribution < -0.4 is 5.32 Å². The molecule has 1 N–H and O–H groups in total. The van der Waals surface area contributed by atoms with Gasteiger partial charge >= 0.3 is 5.97 Å². The molecule has 0 atom stereocenters. The van der Waals surface area contributed by atoms with Gasteiger partial charge in [-0.15, -0.1) is 0 Å². The van der Waals surface area contributed by atoms with Crippen LogP contribution in [-0.4, -0.2) is 28.5 Å². The van der Waals surface area contributed by atoms with E-state index in [2.05, 4.69) is 47.1 Å². The Morgan fingerprint density at radius 3 is 2.72 bits per heavy atom. The number of carbonyl (C=O) groups excluding carboxylic acids is 2. The monoisotopic (exact) mass is 379 g/mol. The molecule has 1 rings (SSSR count). The van der Waals surface area contributed by atoms with Crippen LogP contribution in [0.2, 0.25) is 0 Å². The fraction of sp³-hybridized carbons (Fsp3) is 0.400. The van der Waals surface area contributed by atoms with Crippen molar-refractivity contribution in [2.75, 3.05) is 11.9 Å². The van der Waals surface area contributed by atoms with E-state index in [1.165, 1.54) is 6.20 Å². The maximum Gasteiger partial charge on any atom is 0.306 e. The van der Waals surface area contributed by atoms with E-state index in [0.717, 1.165) is 0 Å². The average molecular weight is 381 g/mol.